The summed E-state index contributed by atoms with van der Waals surface area (Å²) >= 11 is 4.31. The van der Waals surface area contributed by atoms with Crippen molar-refractivity contribution in [1.29, 1.82) is 5.26 Å². The van der Waals surface area contributed by atoms with E-state index in [4.69, 9.17) is 4.74 Å². The summed E-state index contributed by atoms with van der Waals surface area (Å²) in [5, 5.41) is 14.0. The van der Waals surface area contributed by atoms with Crippen LogP contribution in [-0.4, -0.2) is 35.0 Å². The molecular weight excluding hydrogens is 476 g/mol. The van der Waals surface area contributed by atoms with Gasteiger partial charge in [0.1, 0.15) is 16.1 Å². The van der Waals surface area contributed by atoms with Crippen LogP contribution in [0.2, 0.25) is 0 Å². The van der Waals surface area contributed by atoms with Gasteiger partial charge in [-0.1, -0.05) is 12.1 Å². The van der Waals surface area contributed by atoms with Crippen molar-refractivity contribution >= 4 is 61.2 Å². The van der Waals surface area contributed by atoms with Crippen molar-refractivity contribution in [3.05, 3.63) is 57.3 Å². The molecule has 1 N–H and O–H groups in total. The number of carbonyl (C=O) groups excluding carboxylic acids is 2. The second kappa shape index (κ2) is 8.94. The van der Waals surface area contributed by atoms with E-state index in [9.17, 15) is 14.9 Å². The Morgan fingerprint density at radius 1 is 1.21 bits per heavy atom. The van der Waals surface area contributed by atoms with Gasteiger partial charge in [-0.15, -0.1) is 34.0 Å². The van der Waals surface area contributed by atoms with Gasteiger partial charge in [-0.25, -0.2) is 9.78 Å². The third-order valence-corrected chi connectivity index (χ3v) is 8.68. The van der Waals surface area contributed by atoms with Crippen molar-refractivity contribution in [1.82, 2.24) is 9.88 Å². The largest absolute Gasteiger partial charge is 0.450 e. The number of amides is 2. The number of para-hydroxylation sites is 1. The molecule has 0 unspecified atom stereocenters. The van der Waals surface area contributed by atoms with Crippen LogP contribution >= 0.6 is 34.0 Å². The standard InChI is InChI=1S/C23H18N4O3S3/c1-2-30-23(29)27-10-9-13-14(11-24)21(33-19(13)12-27)26-20(28)17-7-8-18(31-17)22-25-15-5-3-4-6-16(15)32-22/h3-8H,2,9-10,12H2,1H3,(H,26,28). The maximum absolute atomic E-state index is 13.0. The summed E-state index contributed by atoms with van der Waals surface area (Å²) in [5.41, 5.74) is 2.33. The fourth-order valence-corrected chi connectivity index (χ4v) is 6.83. The number of aromatic nitrogens is 1. The minimum Gasteiger partial charge on any atom is -0.450 e. The number of thiophene rings is 2. The molecule has 1 aromatic carbocycles. The van der Waals surface area contributed by atoms with Gasteiger partial charge in [0.15, 0.2) is 0 Å². The highest BCUT2D eigenvalue weighted by Crippen LogP contribution is 2.38. The Morgan fingerprint density at radius 3 is 2.85 bits per heavy atom. The lowest BCUT2D eigenvalue weighted by Crippen LogP contribution is -2.35. The summed E-state index contributed by atoms with van der Waals surface area (Å²) in [6.45, 7) is 2.95. The molecule has 7 nitrogen and oxygen atoms in total. The lowest BCUT2D eigenvalue weighted by atomic mass is 10.0. The third-order valence-electron chi connectivity index (χ3n) is 5.26. The van der Waals surface area contributed by atoms with Crippen molar-refractivity contribution in [3.8, 4) is 16.0 Å². The molecule has 0 aliphatic carbocycles. The van der Waals surface area contributed by atoms with Crippen LogP contribution in [0.5, 0.6) is 0 Å². The summed E-state index contributed by atoms with van der Waals surface area (Å²) in [5.74, 6) is -0.260. The van der Waals surface area contributed by atoms with Crippen molar-refractivity contribution < 1.29 is 14.3 Å². The number of nitrogens with one attached hydrogen (secondary N) is 1. The number of hydrogen-bond donors (Lipinski definition) is 1. The first-order valence-electron chi connectivity index (χ1n) is 10.3. The Labute approximate surface area is 201 Å². The van der Waals surface area contributed by atoms with Crippen molar-refractivity contribution in [2.24, 2.45) is 0 Å². The maximum Gasteiger partial charge on any atom is 0.410 e. The summed E-state index contributed by atoms with van der Waals surface area (Å²) in [7, 11) is 0. The van der Waals surface area contributed by atoms with Crippen LogP contribution in [0.3, 0.4) is 0 Å². The average Bonchev–Trinajstić information content (AvgIpc) is 3.54. The lowest BCUT2D eigenvalue weighted by molar-refractivity contribution is 0.102. The minimum atomic E-state index is -0.360. The molecule has 4 aromatic rings. The number of carbonyl (C=O) groups is 2. The molecule has 0 fully saturated rings. The third kappa shape index (κ3) is 4.11. The van der Waals surface area contributed by atoms with Crippen LogP contribution in [0.15, 0.2) is 36.4 Å². The number of nitrogens with zero attached hydrogens (tertiary/aromatic N) is 3. The van der Waals surface area contributed by atoms with Crippen molar-refractivity contribution in [2.75, 3.05) is 18.5 Å². The fraction of sp³-hybridized carbons (Fsp3) is 0.217. The normalized spacial score (nSPS) is 12.9. The Morgan fingerprint density at radius 2 is 2.06 bits per heavy atom. The highest BCUT2D eigenvalue weighted by Gasteiger charge is 2.28. The van der Waals surface area contributed by atoms with Gasteiger partial charge in [-0.05, 0) is 43.2 Å². The quantitative estimate of drug-likeness (QED) is 0.391. The molecule has 0 saturated carbocycles. The number of hydrogen-bond acceptors (Lipinski definition) is 8. The smallest absolute Gasteiger partial charge is 0.410 e. The highest BCUT2D eigenvalue weighted by molar-refractivity contribution is 7.26. The number of nitriles is 1. The van der Waals surface area contributed by atoms with E-state index in [-0.39, 0.29) is 12.0 Å². The van der Waals surface area contributed by atoms with Crippen LogP contribution in [-0.2, 0) is 17.7 Å². The van der Waals surface area contributed by atoms with Gasteiger partial charge in [0.25, 0.3) is 5.91 Å². The molecule has 0 radical (unpaired) electrons. The molecule has 0 saturated heterocycles. The molecule has 3 aromatic heterocycles. The second-order valence-corrected chi connectivity index (χ2v) is 10.5. The molecule has 1 aliphatic rings. The van der Waals surface area contributed by atoms with E-state index >= 15 is 0 Å². The van der Waals surface area contributed by atoms with Gasteiger partial charge in [0.2, 0.25) is 0 Å². The van der Waals surface area contributed by atoms with Crippen LogP contribution in [0, 0.1) is 11.3 Å². The zero-order valence-corrected chi connectivity index (χ0v) is 20.0. The van der Waals surface area contributed by atoms with E-state index in [2.05, 4.69) is 16.4 Å². The molecule has 0 spiro atoms. The SMILES string of the molecule is CCOC(=O)N1CCc2c(sc(NC(=O)c3ccc(-c4nc5ccccc5s4)s3)c2C#N)C1. The summed E-state index contributed by atoms with van der Waals surface area (Å²) in [4.78, 5) is 33.7. The van der Waals surface area contributed by atoms with E-state index in [1.54, 1.807) is 29.2 Å². The minimum absolute atomic E-state index is 0.260. The van der Waals surface area contributed by atoms with Crippen LogP contribution in [0.4, 0.5) is 9.80 Å². The maximum atomic E-state index is 13.0. The van der Waals surface area contributed by atoms with Gasteiger partial charge >= 0.3 is 6.09 Å². The average molecular weight is 495 g/mol. The lowest BCUT2D eigenvalue weighted by Gasteiger charge is -2.25. The summed E-state index contributed by atoms with van der Waals surface area (Å²) < 4.78 is 6.20. The van der Waals surface area contributed by atoms with E-state index < -0.39 is 0 Å². The molecule has 2 amide bonds. The van der Waals surface area contributed by atoms with Gasteiger partial charge in [-0.2, -0.15) is 5.26 Å². The molecule has 10 heteroatoms. The molecule has 0 atom stereocenters. The Hall–Kier alpha value is -3.26. The Bertz CT molecular complexity index is 1380. The first-order chi connectivity index (χ1) is 16.1. The molecule has 33 heavy (non-hydrogen) atoms. The monoisotopic (exact) mass is 494 g/mol. The van der Waals surface area contributed by atoms with Crippen LogP contribution in [0.25, 0.3) is 20.1 Å². The fourth-order valence-electron chi connectivity index (χ4n) is 3.70. The summed E-state index contributed by atoms with van der Waals surface area (Å²) in [6, 6.07) is 13.9. The first kappa shape index (κ1) is 21.6. The topological polar surface area (TPSA) is 95.3 Å². The number of fused-ring (bicyclic) bond motifs is 2. The van der Waals surface area contributed by atoms with Crippen molar-refractivity contribution in [2.45, 2.75) is 19.9 Å². The second-order valence-electron chi connectivity index (χ2n) is 7.29. The van der Waals surface area contributed by atoms with E-state index in [1.807, 2.05) is 30.3 Å². The van der Waals surface area contributed by atoms with Gasteiger partial charge in [0.05, 0.1) is 38.7 Å². The zero-order chi connectivity index (χ0) is 22.9. The number of benzene rings is 1. The number of thiazole rings is 1. The van der Waals surface area contributed by atoms with E-state index in [1.165, 1.54) is 22.7 Å². The van der Waals surface area contributed by atoms with E-state index in [0.29, 0.717) is 41.6 Å². The Kier molecular flexibility index (Phi) is 5.85. The summed E-state index contributed by atoms with van der Waals surface area (Å²) in [6.07, 6.45) is 0.200. The number of rotatable bonds is 4. The predicted molar refractivity (Wildman–Crippen MR) is 131 cm³/mol. The first-order valence-corrected chi connectivity index (χ1v) is 12.8. The number of anilines is 1. The molecule has 1 aliphatic heterocycles. The Balaban J connectivity index is 1.35. The molecule has 4 heterocycles. The van der Waals surface area contributed by atoms with Crippen LogP contribution in [0.1, 0.15) is 32.6 Å². The highest BCUT2D eigenvalue weighted by atomic mass is 32.1. The van der Waals surface area contributed by atoms with Crippen molar-refractivity contribution in [3.63, 3.8) is 0 Å². The molecule has 166 valence electrons. The van der Waals surface area contributed by atoms with Crippen LogP contribution < -0.4 is 5.32 Å². The molecule has 0 bridgehead atoms. The zero-order valence-electron chi connectivity index (χ0n) is 17.6. The molecule has 5 rings (SSSR count). The number of ether oxygens (including phenoxy) is 1. The van der Waals surface area contributed by atoms with Gasteiger partial charge in [0, 0.05) is 11.4 Å². The van der Waals surface area contributed by atoms with E-state index in [0.717, 1.165) is 30.5 Å². The van der Waals surface area contributed by atoms with Gasteiger partial charge < -0.3 is 15.0 Å². The molecular formula is C23H18N4O3S3. The predicted octanol–water partition coefficient (Wildman–Crippen LogP) is 5.72. The van der Waals surface area contributed by atoms with Gasteiger partial charge in [-0.3, -0.25) is 4.79 Å².